The van der Waals surface area contributed by atoms with Gasteiger partial charge in [0.25, 0.3) is 0 Å². The molecular formula is C14H19ClFNO3. The molecule has 0 aliphatic carbocycles. The molecule has 6 heteroatoms. The van der Waals surface area contributed by atoms with E-state index in [4.69, 9.17) is 21.1 Å². The molecule has 1 atom stereocenters. The number of aliphatic hydroxyl groups is 1. The smallest absolute Gasteiger partial charge is 0.150 e. The Kier molecular flexibility index (Phi) is 5.88. The topological polar surface area (TPSA) is 50.7 Å². The van der Waals surface area contributed by atoms with Gasteiger partial charge in [-0.2, -0.15) is 0 Å². The molecule has 0 bridgehead atoms. The molecule has 0 spiro atoms. The third-order valence-electron chi connectivity index (χ3n) is 3.13. The summed E-state index contributed by atoms with van der Waals surface area (Å²) in [6.45, 7) is 1.50. The fourth-order valence-corrected chi connectivity index (χ4v) is 2.13. The summed E-state index contributed by atoms with van der Waals surface area (Å²) < 4.78 is 25.0. The summed E-state index contributed by atoms with van der Waals surface area (Å²) in [5.74, 6) is 0.146. The molecule has 1 aliphatic heterocycles. The monoisotopic (exact) mass is 303 g/mol. The zero-order valence-corrected chi connectivity index (χ0v) is 11.9. The van der Waals surface area contributed by atoms with Crippen LogP contribution in [0.5, 0.6) is 5.75 Å². The standard InChI is InChI=1S/C14H19ClFNO3/c15-8-10(18)9-17-14-12(16)2-1-3-13(14)20-11-4-6-19-7-5-11/h1-3,10-11,17-18H,4-9H2. The minimum Gasteiger partial charge on any atom is -0.488 e. The van der Waals surface area contributed by atoms with Gasteiger partial charge in [0.15, 0.2) is 0 Å². The molecular weight excluding hydrogens is 285 g/mol. The number of benzene rings is 1. The van der Waals surface area contributed by atoms with Crippen molar-refractivity contribution in [1.29, 1.82) is 0 Å². The van der Waals surface area contributed by atoms with Crippen molar-refractivity contribution in [2.24, 2.45) is 0 Å². The second-order valence-corrected chi connectivity index (χ2v) is 5.04. The summed E-state index contributed by atoms with van der Waals surface area (Å²) in [7, 11) is 0. The van der Waals surface area contributed by atoms with E-state index in [9.17, 15) is 9.50 Å². The number of hydrogen-bond donors (Lipinski definition) is 2. The summed E-state index contributed by atoms with van der Waals surface area (Å²) in [5.41, 5.74) is 0.267. The van der Waals surface area contributed by atoms with Crippen molar-refractivity contribution in [3.63, 3.8) is 0 Å². The first-order chi connectivity index (χ1) is 9.70. The minimum absolute atomic E-state index is 0.0315. The number of hydrogen-bond acceptors (Lipinski definition) is 4. The van der Waals surface area contributed by atoms with Gasteiger partial charge in [0.2, 0.25) is 0 Å². The SMILES string of the molecule is OC(CCl)CNc1c(F)cccc1OC1CCOCC1. The molecule has 2 N–H and O–H groups in total. The van der Waals surface area contributed by atoms with Crippen LogP contribution in [0.3, 0.4) is 0 Å². The molecule has 1 aliphatic rings. The van der Waals surface area contributed by atoms with E-state index in [0.29, 0.717) is 19.0 Å². The Morgan fingerprint density at radius 3 is 2.90 bits per heavy atom. The van der Waals surface area contributed by atoms with Crippen molar-refractivity contribution >= 4 is 17.3 Å². The Hall–Kier alpha value is -1.04. The van der Waals surface area contributed by atoms with Gasteiger partial charge < -0.3 is 19.9 Å². The van der Waals surface area contributed by atoms with Gasteiger partial charge in [-0.05, 0) is 12.1 Å². The number of anilines is 1. The van der Waals surface area contributed by atoms with Gasteiger partial charge >= 0.3 is 0 Å². The number of nitrogens with one attached hydrogen (secondary N) is 1. The van der Waals surface area contributed by atoms with Crippen LogP contribution in [-0.2, 0) is 4.74 Å². The third kappa shape index (κ3) is 4.23. The Morgan fingerprint density at radius 2 is 2.20 bits per heavy atom. The summed E-state index contributed by atoms with van der Waals surface area (Å²) in [4.78, 5) is 0. The first-order valence-electron chi connectivity index (χ1n) is 6.71. The molecule has 1 saturated heterocycles. The zero-order valence-electron chi connectivity index (χ0n) is 11.1. The minimum atomic E-state index is -0.729. The summed E-state index contributed by atoms with van der Waals surface area (Å²) in [6, 6.07) is 4.67. The van der Waals surface area contributed by atoms with Crippen LogP contribution in [0, 0.1) is 5.82 Å². The van der Waals surface area contributed by atoms with E-state index < -0.39 is 11.9 Å². The molecule has 0 radical (unpaired) electrons. The van der Waals surface area contributed by atoms with Crippen LogP contribution in [0.1, 0.15) is 12.8 Å². The van der Waals surface area contributed by atoms with Gasteiger partial charge in [0.1, 0.15) is 23.4 Å². The average molecular weight is 304 g/mol. The van der Waals surface area contributed by atoms with Crippen LogP contribution < -0.4 is 10.1 Å². The lowest BCUT2D eigenvalue weighted by Crippen LogP contribution is -2.27. The molecule has 1 heterocycles. The first kappa shape index (κ1) is 15.4. The molecule has 4 nitrogen and oxygen atoms in total. The lowest BCUT2D eigenvalue weighted by molar-refractivity contribution is 0.0257. The van der Waals surface area contributed by atoms with Gasteiger partial charge in [-0.15, -0.1) is 11.6 Å². The van der Waals surface area contributed by atoms with E-state index in [1.54, 1.807) is 12.1 Å². The first-order valence-corrected chi connectivity index (χ1v) is 7.25. The molecule has 1 unspecified atom stereocenters. The highest BCUT2D eigenvalue weighted by Gasteiger charge is 2.18. The quantitative estimate of drug-likeness (QED) is 0.792. The van der Waals surface area contributed by atoms with E-state index in [1.165, 1.54) is 6.07 Å². The maximum atomic E-state index is 13.9. The Morgan fingerprint density at radius 1 is 1.45 bits per heavy atom. The summed E-state index contributed by atoms with van der Waals surface area (Å²) in [5, 5.41) is 12.3. The fraction of sp³-hybridized carbons (Fsp3) is 0.571. The lowest BCUT2D eigenvalue weighted by Gasteiger charge is -2.25. The van der Waals surface area contributed by atoms with Crippen molar-refractivity contribution in [3.05, 3.63) is 24.0 Å². The molecule has 2 rings (SSSR count). The molecule has 0 aromatic heterocycles. The number of ether oxygens (including phenoxy) is 2. The lowest BCUT2D eigenvalue weighted by atomic mass is 10.1. The number of para-hydroxylation sites is 1. The molecule has 20 heavy (non-hydrogen) atoms. The van der Waals surface area contributed by atoms with Crippen molar-refractivity contribution < 1.29 is 19.0 Å². The van der Waals surface area contributed by atoms with Crippen LogP contribution in [0.2, 0.25) is 0 Å². The Labute approximate surface area is 122 Å². The number of halogens is 2. The van der Waals surface area contributed by atoms with E-state index in [1.807, 2.05) is 0 Å². The van der Waals surface area contributed by atoms with Crippen LogP contribution >= 0.6 is 11.6 Å². The highest BCUT2D eigenvalue weighted by Crippen LogP contribution is 2.29. The molecule has 1 aromatic carbocycles. The maximum absolute atomic E-state index is 13.9. The molecule has 112 valence electrons. The Balaban J connectivity index is 2.04. The highest BCUT2D eigenvalue weighted by atomic mass is 35.5. The second-order valence-electron chi connectivity index (χ2n) is 4.73. The highest BCUT2D eigenvalue weighted by molar-refractivity contribution is 6.18. The fourth-order valence-electron chi connectivity index (χ4n) is 2.02. The van der Waals surface area contributed by atoms with Gasteiger partial charge in [-0.3, -0.25) is 0 Å². The van der Waals surface area contributed by atoms with Gasteiger partial charge in [0.05, 0.1) is 25.2 Å². The van der Waals surface area contributed by atoms with Gasteiger partial charge in [0, 0.05) is 19.4 Å². The number of rotatable bonds is 6. The molecule has 1 fully saturated rings. The summed E-state index contributed by atoms with van der Waals surface area (Å²) >= 11 is 5.52. The summed E-state index contributed by atoms with van der Waals surface area (Å²) in [6.07, 6.45) is 0.886. The zero-order chi connectivity index (χ0) is 14.4. The van der Waals surface area contributed by atoms with Crippen LogP contribution in [-0.4, -0.2) is 43.0 Å². The van der Waals surface area contributed by atoms with Gasteiger partial charge in [-0.1, -0.05) is 6.07 Å². The van der Waals surface area contributed by atoms with Crippen molar-refractivity contribution in [2.75, 3.05) is 31.0 Å². The van der Waals surface area contributed by atoms with Crippen LogP contribution in [0.15, 0.2) is 18.2 Å². The van der Waals surface area contributed by atoms with Crippen LogP contribution in [0.25, 0.3) is 0 Å². The van der Waals surface area contributed by atoms with Gasteiger partial charge in [-0.25, -0.2) is 4.39 Å². The van der Waals surface area contributed by atoms with Crippen LogP contribution in [0.4, 0.5) is 10.1 Å². The molecule has 0 amide bonds. The molecule has 0 saturated carbocycles. The average Bonchev–Trinajstić information content (AvgIpc) is 2.47. The second kappa shape index (κ2) is 7.67. The van der Waals surface area contributed by atoms with E-state index in [2.05, 4.69) is 5.32 Å². The largest absolute Gasteiger partial charge is 0.488 e. The predicted octanol–water partition coefficient (Wildman–Crippen LogP) is 2.40. The normalized spacial score (nSPS) is 17.8. The maximum Gasteiger partial charge on any atom is 0.150 e. The third-order valence-corrected chi connectivity index (χ3v) is 3.49. The number of aliphatic hydroxyl groups excluding tert-OH is 1. The Bertz CT molecular complexity index is 427. The number of alkyl halides is 1. The predicted molar refractivity (Wildman–Crippen MR) is 76.1 cm³/mol. The van der Waals surface area contributed by atoms with Crippen molar-refractivity contribution in [2.45, 2.75) is 25.0 Å². The van der Waals surface area contributed by atoms with Crippen molar-refractivity contribution in [3.8, 4) is 5.75 Å². The van der Waals surface area contributed by atoms with E-state index >= 15 is 0 Å². The van der Waals surface area contributed by atoms with E-state index in [-0.39, 0.29) is 24.2 Å². The molecule has 1 aromatic rings. The van der Waals surface area contributed by atoms with Crippen molar-refractivity contribution in [1.82, 2.24) is 0 Å². The van der Waals surface area contributed by atoms with E-state index in [0.717, 1.165) is 12.8 Å².